The summed E-state index contributed by atoms with van der Waals surface area (Å²) in [4.78, 5) is 11.5. The highest BCUT2D eigenvalue weighted by molar-refractivity contribution is 8.00. The Labute approximate surface area is 120 Å². The lowest BCUT2D eigenvalue weighted by Gasteiger charge is -2.09. The number of esters is 1. The summed E-state index contributed by atoms with van der Waals surface area (Å²) < 4.78 is 6.63. The molecule has 1 aromatic carbocycles. The Morgan fingerprint density at radius 2 is 2.25 bits per heavy atom. The molecule has 0 N–H and O–H groups in total. The van der Waals surface area contributed by atoms with Crippen molar-refractivity contribution in [2.75, 3.05) is 6.61 Å². The van der Waals surface area contributed by atoms with Crippen molar-refractivity contribution < 1.29 is 9.53 Å². The lowest BCUT2D eigenvalue weighted by molar-refractivity contribution is -0.137. The van der Waals surface area contributed by atoms with Crippen molar-refractivity contribution in [3.05, 3.63) is 29.3 Å². The van der Waals surface area contributed by atoms with E-state index in [1.807, 2.05) is 26.0 Å². The largest absolute Gasteiger partial charge is 0.465 e. The zero-order valence-electron chi connectivity index (χ0n) is 11.2. The van der Waals surface area contributed by atoms with Gasteiger partial charge in [-0.25, -0.2) is 0 Å². The molecule has 3 rings (SSSR count). The van der Waals surface area contributed by atoms with Crippen LogP contribution in [0.2, 0.25) is 0 Å². The summed E-state index contributed by atoms with van der Waals surface area (Å²) >= 11 is 1.35. The molecule has 7 heteroatoms. The number of carbonyl (C=O) groups excluding carboxylic acids is 1. The first-order valence-corrected chi connectivity index (χ1v) is 7.22. The number of aryl methyl sites for hydroxylation is 2. The highest BCUT2D eigenvalue weighted by Gasteiger charge is 2.29. The highest BCUT2D eigenvalue weighted by atomic mass is 32.2. The summed E-state index contributed by atoms with van der Waals surface area (Å²) in [6.45, 7) is 4.53. The first kappa shape index (κ1) is 13.1. The summed E-state index contributed by atoms with van der Waals surface area (Å²) in [5.41, 5.74) is 3.20. The van der Waals surface area contributed by atoms with Crippen LogP contribution < -0.4 is 0 Å². The van der Waals surface area contributed by atoms with Crippen LogP contribution in [0.15, 0.2) is 23.4 Å². The molecule has 2 heterocycles. The van der Waals surface area contributed by atoms with E-state index in [4.69, 9.17) is 4.74 Å². The minimum atomic E-state index is -0.217. The van der Waals surface area contributed by atoms with Crippen molar-refractivity contribution in [2.45, 2.75) is 30.7 Å². The molecule has 1 atom stereocenters. The molecule has 0 amide bonds. The van der Waals surface area contributed by atoms with Crippen LogP contribution in [0.4, 0.5) is 0 Å². The maximum atomic E-state index is 11.5. The molecule has 104 valence electrons. The first-order chi connectivity index (χ1) is 9.65. The fourth-order valence-corrected chi connectivity index (χ4v) is 3.11. The summed E-state index contributed by atoms with van der Waals surface area (Å²) in [7, 11) is 0. The standard InChI is InChI=1S/C13H14N4O2S/c1-8-3-4-10(9(2)7-8)17-13(14-15-16-17)20-11-5-6-19-12(11)18/h3-4,7,11H,5-6H2,1-2H3/t11-/m0/s1. The zero-order valence-corrected chi connectivity index (χ0v) is 12.1. The Morgan fingerprint density at radius 1 is 1.40 bits per heavy atom. The van der Waals surface area contributed by atoms with Gasteiger partial charge in [-0.1, -0.05) is 29.5 Å². The predicted molar refractivity (Wildman–Crippen MR) is 73.8 cm³/mol. The molecule has 0 aliphatic carbocycles. The maximum Gasteiger partial charge on any atom is 0.319 e. The van der Waals surface area contributed by atoms with Gasteiger partial charge < -0.3 is 4.74 Å². The summed E-state index contributed by atoms with van der Waals surface area (Å²) in [6.07, 6.45) is 0.698. The van der Waals surface area contributed by atoms with Crippen molar-refractivity contribution in [1.29, 1.82) is 0 Å². The molecule has 20 heavy (non-hydrogen) atoms. The summed E-state index contributed by atoms with van der Waals surface area (Å²) in [6, 6.07) is 6.08. The van der Waals surface area contributed by atoms with E-state index < -0.39 is 0 Å². The number of nitrogens with zero attached hydrogens (tertiary/aromatic N) is 4. The van der Waals surface area contributed by atoms with E-state index in [9.17, 15) is 4.79 Å². The fourth-order valence-electron chi connectivity index (χ4n) is 2.16. The number of hydrogen-bond acceptors (Lipinski definition) is 6. The van der Waals surface area contributed by atoms with Crippen LogP contribution in [0, 0.1) is 13.8 Å². The first-order valence-electron chi connectivity index (χ1n) is 6.34. The third-order valence-electron chi connectivity index (χ3n) is 3.16. The molecule has 1 saturated heterocycles. The van der Waals surface area contributed by atoms with Gasteiger partial charge in [0.15, 0.2) is 0 Å². The number of aromatic nitrogens is 4. The second-order valence-electron chi connectivity index (χ2n) is 4.73. The molecule has 0 saturated carbocycles. The van der Waals surface area contributed by atoms with Crippen LogP contribution in [0.3, 0.4) is 0 Å². The van der Waals surface area contributed by atoms with E-state index >= 15 is 0 Å². The van der Waals surface area contributed by atoms with Crippen LogP contribution in [0.5, 0.6) is 0 Å². The molecule has 1 aliphatic heterocycles. The van der Waals surface area contributed by atoms with Gasteiger partial charge in [0.05, 0.1) is 12.3 Å². The number of carbonyl (C=O) groups is 1. The molecule has 0 radical (unpaired) electrons. The summed E-state index contributed by atoms with van der Waals surface area (Å²) in [5, 5.41) is 12.2. The van der Waals surface area contributed by atoms with Gasteiger partial charge in [-0.05, 0) is 35.9 Å². The maximum absolute atomic E-state index is 11.5. The number of rotatable bonds is 3. The van der Waals surface area contributed by atoms with Crippen molar-refractivity contribution in [1.82, 2.24) is 20.2 Å². The monoisotopic (exact) mass is 290 g/mol. The van der Waals surface area contributed by atoms with E-state index in [0.717, 1.165) is 11.3 Å². The molecule has 1 aromatic heterocycles. The van der Waals surface area contributed by atoms with Crippen LogP contribution in [-0.2, 0) is 9.53 Å². The normalized spacial score (nSPS) is 18.3. The van der Waals surface area contributed by atoms with Crippen LogP contribution in [-0.4, -0.2) is 38.0 Å². The van der Waals surface area contributed by atoms with E-state index in [2.05, 4.69) is 21.6 Å². The molecule has 0 spiro atoms. The van der Waals surface area contributed by atoms with Gasteiger partial charge in [0.25, 0.3) is 0 Å². The molecule has 2 aromatic rings. The predicted octanol–water partition coefficient (Wildman–Crippen LogP) is 1.69. The molecule has 6 nitrogen and oxygen atoms in total. The van der Waals surface area contributed by atoms with Crippen molar-refractivity contribution >= 4 is 17.7 Å². The van der Waals surface area contributed by atoms with Gasteiger partial charge in [-0.15, -0.1) is 5.10 Å². The van der Waals surface area contributed by atoms with E-state index in [1.165, 1.54) is 17.3 Å². The van der Waals surface area contributed by atoms with E-state index in [0.29, 0.717) is 18.2 Å². The minimum absolute atomic E-state index is 0.190. The van der Waals surface area contributed by atoms with Crippen LogP contribution in [0.1, 0.15) is 17.5 Å². The third-order valence-corrected chi connectivity index (χ3v) is 4.33. The highest BCUT2D eigenvalue weighted by Crippen LogP contribution is 2.29. The Bertz CT molecular complexity index is 656. The smallest absolute Gasteiger partial charge is 0.319 e. The Hall–Kier alpha value is -1.89. The third kappa shape index (κ3) is 2.40. The summed E-state index contributed by atoms with van der Waals surface area (Å²) in [5.74, 6) is -0.190. The number of tetrazole rings is 1. The van der Waals surface area contributed by atoms with Gasteiger partial charge in [0, 0.05) is 6.42 Å². The van der Waals surface area contributed by atoms with Crippen molar-refractivity contribution in [2.24, 2.45) is 0 Å². The number of thioether (sulfide) groups is 1. The minimum Gasteiger partial charge on any atom is -0.465 e. The second-order valence-corrected chi connectivity index (χ2v) is 5.90. The van der Waals surface area contributed by atoms with Gasteiger partial charge in [0.2, 0.25) is 5.16 Å². The quantitative estimate of drug-likeness (QED) is 0.801. The average Bonchev–Trinajstić information content (AvgIpc) is 3.01. The number of ether oxygens (including phenoxy) is 1. The number of cyclic esters (lactones) is 1. The molecule has 0 unspecified atom stereocenters. The van der Waals surface area contributed by atoms with E-state index in [1.54, 1.807) is 4.68 Å². The number of hydrogen-bond donors (Lipinski definition) is 0. The second kappa shape index (κ2) is 5.24. The molecular weight excluding hydrogens is 276 g/mol. The molecule has 0 bridgehead atoms. The lowest BCUT2D eigenvalue weighted by Crippen LogP contribution is -2.11. The fraction of sp³-hybridized carbons (Fsp3) is 0.385. The molecular formula is C13H14N4O2S. The van der Waals surface area contributed by atoms with Gasteiger partial charge >= 0.3 is 5.97 Å². The van der Waals surface area contributed by atoms with Crippen molar-refractivity contribution in [3.63, 3.8) is 0 Å². The van der Waals surface area contributed by atoms with Crippen LogP contribution in [0.25, 0.3) is 5.69 Å². The van der Waals surface area contributed by atoms with Gasteiger partial charge in [-0.2, -0.15) is 4.68 Å². The topological polar surface area (TPSA) is 69.9 Å². The average molecular weight is 290 g/mol. The van der Waals surface area contributed by atoms with Gasteiger partial charge in [0.1, 0.15) is 5.25 Å². The zero-order chi connectivity index (χ0) is 14.1. The molecule has 1 fully saturated rings. The Morgan fingerprint density at radius 3 is 2.95 bits per heavy atom. The number of benzene rings is 1. The molecule has 1 aliphatic rings. The van der Waals surface area contributed by atoms with E-state index in [-0.39, 0.29) is 11.2 Å². The SMILES string of the molecule is Cc1ccc(-n2nnnc2S[C@H]2CCOC2=O)c(C)c1. The van der Waals surface area contributed by atoms with Crippen molar-refractivity contribution in [3.8, 4) is 5.69 Å². The Kier molecular flexibility index (Phi) is 3.43. The Balaban J connectivity index is 1.91. The van der Waals surface area contributed by atoms with Crippen LogP contribution >= 0.6 is 11.8 Å². The lowest BCUT2D eigenvalue weighted by atomic mass is 10.1. The van der Waals surface area contributed by atoms with Gasteiger partial charge in [-0.3, -0.25) is 4.79 Å².